The fourth-order valence-corrected chi connectivity index (χ4v) is 1.46. The van der Waals surface area contributed by atoms with Gasteiger partial charge in [-0.25, -0.2) is 0 Å². The number of aromatic nitrogens is 2. The third-order valence-corrected chi connectivity index (χ3v) is 2.81. The van der Waals surface area contributed by atoms with Gasteiger partial charge in [-0.1, -0.05) is 6.92 Å². The fraction of sp³-hybridized carbons (Fsp3) is 0.545. The summed E-state index contributed by atoms with van der Waals surface area (Å²) in [4.78, 5) is 13.5. The number of aromatic amines is 1. The second-order valence-electron chi connectivity index (χ2n) is 3.95. The number of hydrogen-bond donors (Lipinski definition) is 2. The predicted molar refractivity (Wildman–Crippen MR) is 64.2 cm³/mol. The molecule has 1 amide bonds. The number of nitriles is 1. The number of rotatable bonds is 4. The van der Waals surface area contributed by atoms with Gasteiger partial charge in [-0.05, 0) is 13.3 Å². The van der Waals surface area contributed by atoms with E-state index in [1.165, 1.54) is 4.90 Å². The third-order valence-electron chi connectivity index (χ3n) is 2.81. The van der Waals surface area contributed by atoms with Crippen LogP contribution in [0.15, 0.2) is 0 Å². The van der Waals surface area contributed by atoms with Gasteiger partial charge in [0.05, 0.1) is 23.9 Å². The quantitative estimate of drug-likeness (QED) is 0.810. The lowest BCUT2D eigenvalue weighted by Gasteiger charge is -2.22. The van der Waals surface area contributed by atoms with Gasteiger partial charge in [0.2, 0.25) is 0 Å². The molecule has 0 aliphatic heterocycles. The number of anilines is 1. The standard InChI is InChI=1S/C11H17N5O/c1-4-8-9(13)10(15-14-8)11(17)16(3)7(2)5-6-12/h7H,4-5,13H2,1-3H3,(H,14,15). The maximum Gasteiger partial charge on any atom is 0.276 e. The van der Waals surface area contributed by atoms with Crippen LogP contribution in [0.1, 0.15) is 36.5 Å². The number of carbonyl (C=O) groups is 1. The van der Waals surface area contributed by atoms with Crippen molar-refractivity contribution < 1.29 is 4.79 Å². The van der Waals surface area contributed by atoms with E-state index in [1.807, 2.05) is 19.9 Å². The maximum atomic E-state index is 12.1. The number of nitrogens with one attached hydrogen (secondary N) is 1. The summed E-state index contributed by atoms with van der Waals surface area (Å²) in [6.45, 7) is 3.74. The van der Waals surface area contributed by atoms with Gasteiger partial charge in [-0.3, -0.25) is 9.89 Å². The molecule has 0 saturated heterocycles. The van der Waals surface area contributed by atoms with E-state index in [9.17, 15) is 4.79 Å². The van der Waals surface area contributed by atoms with Crippen LogP contribution in [0, 0.1) is 11.3 Å². The van der Waals surface area contributed by atoms with Crippen LogP contribution in [0.2, 0.25) is 0 Å². The molecule has 92 valence electrons. The van der Waals surface area contributed by atoms with E-state index in [4.69, 9.17) is 11.0 Å². The largest absolute Gasteiger partial charge is 0.395 e. The molecule has 6 nitrogen and oxygen atoms in total. The number of hydrogen-bond acceptors (Lipinski definition) is 4. The summed E-state index contributed by atoms with van der Waals surface area (Å²) < 4.78 is 0. The molecule has 0 radical (unpaired) electrons. The monoisotopic (exact) mass is 235 g/mol. The number of carbonyl (C=O) groups excluding carboxylic acids is 1. The van der Waals surface area contributed by atoms with Crippen molar-refractivity contribution in [3.8, 4) is 6.07 Å². The summed E-state index contributed by atoms with van der Waals surface area (Å²) in [7, 11) is 1.64. The Morgan fingerprint density at radius 1 is 1.71 bits per heavy atom. The zero-order valence-electron chi connectivity index (χ0n) is 10.3. The molecule has 1 rings (SSSR count). The Morgan fingerprint density at radius 2 is 2.35 bits per heavy atom. The van der Waals surface area contributed by atoms with E-state index in [0.29, 0.717) is 12.1 Å². The van der Waals surface area contributed by atoms with Crippen molar-refractivity contribution in [3.63, 3.8) is 0 Å². The zero-order valence-corrected chi connectivity index (χ0v) is 10.3. The number of nitrogens with zero attached hydrogens (tertiary/aromatic N) is 3. The van der Waals surface area contributed by atoms with E-state index in [2.05, 4.69) is 10.2 Å². The average Bonchev–Trinajstić information content (AvgIpc) is 2.68. The molecule has 3 N–H and O–H groups in total. The molecule has 0 saturated carbocycles. The van der Waals surface area contributed by atoms with E-state index in [-0.39, 0.29) is 24.1 Å². The van der Waals surface area contributed by atoms with Gasteiger partial charge in [-0.15, -0.1) is 0 Å². The Labute approximate surface area is 100 Å². The molecule has 17 heavy (non-hydrogen) atoms. The zero-order chi connectivity index (χ0) is 13.0. The lowest BCUT2D eigenvalue weighted by atomic mass is 10.2. The number of nitrogen functional groups attached to an aromatic ring is 1. The van der Waals surface area contributed by atoms with Crippen LogP contribution >= 0.6 is 0 Å². The SMILES string of the molecule is CCc1[nH]nc(C(=O)N(C)C(C)CC#N)c1N. The second kappa shape index (κ2) is 5.34. The minimum Gasteiger partial charge on any atom is -0.395 e. The highest BCUT2D eigenvalue weighted by atomic mass is 16.2. The van der Waals surface area contributed by atoms with Crippen LogP contribution in [0.25, 0.3) is 0 Å². The Balaban J connectivity index is 2.89. The smallest absolute Gasteiger partial charge is 0.276 e. The van der Waals surface area contributed by atoms with Crippen LogP contribution in [-0.4, -0.2) is 34.1 Å². The summed E-state index contributed by atoms with van der Waals surface area (Å²) in [6.07, 6.45) is 0.983. The Bertz CT molecular complexity index is 445. The predicted octanol–water partition coefficient (Wildman–Crippen LogP) is 0.928. The summed E-state index contributed by atoms with van der Waals surface area (Å²) in [5.74, 6) is -0.263. The van der Waals surface area contributed by atoms with Crippen LogP contribution in [0.3, 0.4) is 0 Å². The summed E-state index contributed by atoms with van der Waals surface area (Å²) in [5.41, 5.74) is 7.21. The minimum atomic E-state index is -0.263. The molecular weight excluding hydrogens is 218 g/mol. The van der Waals surface area contributed by atoms with Crippen molar-refractivity contribution in [2.75, 3.05) is 12.8 Å². The Hall–Kier alpha value is -2.03. The van der Waals surface area contributed by atoms with E-state index >= 15 is 0 Å². The third kappa shape index (κ3) is 2.56. The molecule has 1 aromatic heterocycles. The molecule has 0 fully saturated rings. The average molecular weight is 235 g/mol. The van der Waals surface area contributed by atoms with Crippen LogP contribution in [0.4, 0.5) is 5.69 Å². The van der Waals surface area contributed by atoms with E-state index in [0.717, 1.165) is 5.69 Å². The molecule has 0 bridgehead atoms. The van der Waals surface area contributed by atoms with Crippen molar-refractivity contribution in [2.24, 2.45) is 0 Å². The summed E-state index contributed by atoms with van der Waals surface area (Å²) in [6, 6.07) is 1.87. The van der Waals surface area contributed by atoms with Crippen molar-refractivity contribution >= 4 is 11.6 Å². The molecule has 6 heteroatoms. The first-order valence-electron chi connectivity index (χ1n) is 5.49. The first kappa shape index (κ1) is 13.0. The lowest BCUT2D eigenvalue weighted by Crippen LogP contribution is -2.35. The minimum absolute atomic E-state index is 0.159. The molecule has 1 atom stereocenters. The first-order valence-corrected chi connectivity index (χ1v) is 5.49. The highest BCUT2D eigenvalue weighted by molar-refractivity contribution is 5.97. The summed E-state index contributed by atoms with van der Waals surface area (Å²) >= 11 is 0. The van der Waals surface area contributed by atoms with Gasteiger partial charge in [0.15, 0.2) is 5.69 Å². The molecule has 1 aromatic rings. The van der Waals surface area contributed by atoms with Crippen molar-refractivity contribution in [3.05, 3.63) is 11.4 Å². The van der Waals surface area contributed by atoms with Gasteiger partial charge < -0.3 is 10.6 Å². The highest BCUT2D eigenvalue weighted by Gasteiger charge is 2.23. The van der Waals surface area contributed by atoms with Crippen LogP contribution < -0.4 is 5.73 Å². The van der Waals surface area contributed by atoms with Gasteiger partial charge >= 0.3 is 0 Å². The molecule has 0 aliphatic carbocycles. The highest BCUT2D eigenvalue weighted by Crippen LogP contribution is 2.17. The van der Waals surface area contributed by atoms with Crippen LogP contribution in [-0.2, 0) is 6.42 Å². The van der Waals surface area contributed by atoms with Crippen molar-refractivity contribution in [2.45, 2.75) is 32.7 Å². The van der Waals surface area contributed by atoms with Gasteiger partial charge in [0.1, 0.15) is 0 Å². The molecule has 0 aromatic carbocycles. The Kier molecular flexibility index (Phi) is 4.10. The van der Waals surface area contributed by atoms with Crippen molar-refractivity contribution in [1.29, 1.82) is 5.26 Å². The Morgan fingerprint density at radius 3 is 2.82 bits per heavy atom. The van der Waals surface area contributed by atoms with Crippen LogP contribution in [0.5, 0.6) is 0 Å². The molecule has 0 aliphatic rings. The molecule has 0 spiro atoms. The normalized spacial score (nSPS) is 11.9. The van der Waals surface area contributed by atoms with Gasteiger partial charge in [0, 0.05) is 13.1 Å². The second-order valence-corrected chi connectivity index (χ2v) is 3.95. The lowest BCUT2D eigenvalue weighted by molar-refractivity contribution is 0.0741. The van der Waals surface area contributed by atoms with E-state index < -0.39 is 0 Å². The number of H-pyrrole nitrogens is 1. The fourth-order valence-electron chi connectivity index (χ4n) is 1.46. The summed E-state index contributed by atoms with van der Waals surface area (Å²) in [5, 5.41) is 15.3. The molecule has 1 unspecified atom stereocenters. The molecule has 1 heterocycles. The topological polar surface area (TPSA) is 98.8 Å². The number of nitrogens with two attached hydrogens (primary N) is 1. The van der Waals surface area contributed by atoms with Gasteiger partial charge in [0.25, 0.3) is 5.91 Å². The first-order chi connectivity index (χ1) is 8.02. The maximum absolute atomic E-state index is 12.1. The van der Waals surface area contributed by atoms with E-state index in [1.54, 1.807) is 7.05 Å². The van der Waals surface area contributed by atoms with Crippen molar-refractivity contribution in [1.82, 2.24) is 15.1 Å². The molecular formula is C11H17N5O. The number of aryl methyl sites for hydroxylation is 1. The van der Waals surface area contributed by atoms with Gasteiger partial charge in [-0.2, -0.15) is 10.4 Å². The number of amides is 1.